The van der Waals surface area contributed by atoms with E-state index in [0.717, 1.165) is 6.54 Å². The summed E-state index contributed by atoms with van der Waals surface area (Å²) >= 11 is 2.30. The van der Waals surface area contributed by atoms with Crippen molar-refractivity contribution in [3.05, 3.63) is 0 Å². The van der Waals surface area contributed by atoms with Gasteiger partial charge in [-0.05, 0) is 6.42 Å². The first kappa shape index (κ1) is 5.78. The highest BCUT2D eigenvalue weighted by atomic mass is 127. The van der Waals surface area contributed by atoms with Gasteiger partial charge >= 0.3 is 0 Å². The average Bonchev–Trinajstić information content (AvgIpc) is 1.87. The van der Waals surface area contributed by atoms with Gasteiger partial charge in [0, 0.05) is 42.0 Å². The maximum atomic E-state index is 5.58. The van der Waals surface area contributed by atoms with E-state index in [4.69, 9.17) is 5.73 Å². The maximum absolute atomic E-state index is 5.58. The molecule has 1 saturated heterocycles. The minimum atomic E-state index is 0.442. The number of hydrogen-bond acceptors (Lipinski definition) is 2. The number of hydrogen-bond donors (Lipinski definition) is 1. The predicted molar refractivity (Wildman–Crippen MR) is 38.2 cm³/mol. The summed E-state index contributed by atoms with van der Waals surface area (Å²) < 4.78 is 2.22. The first-order chi connectivity index (χ1) is 3.29. The van der Waals surface area contributed by atoms with E-state index >= 15 is 0 Å². The number of halogens is 1. The van der Waals surface area contributed by atoms with Gasteiger partial charge in [0.1, 0.15) is 0 Å². The third kappa shape index (κ3) is 1.54. The molecule has 0 aromatic rings. The fraction of sp³-hybridized carbons (Fsp3) is 1.00. The number of nitrogens with zero attached hydrogens (tertiary/aromatic N) is 1. The first-order valence-electron chi connectivity index (χ1n) is 2.45. The van der Waals surface area contributed by atoms with Crippen LogP contribution in [0.2, 0.25) is 0 Å². The largest absolute Gasteiger partial charge is 0.326 e. The lowest BCUT2D eigenvalue weighted by Gasteiger charge is -2.00. The molecule has 1 fully saturated rings. The summed E-state index contributed by atoms with van der Waals surface area (Å²) in [6.07, 6.45) is 1.17. The standard InChI is InChI=1S/C4H9IN2/c5-7-2-1-4(6)3-7/h4H,1-3,6H2. The minimum Gasteiger partial charge on any atom is -0.326 e. The second kappa shape index (κ2) is 2.28. The summed E-state index contributed by atoms with van der Waals surface area (Å²) in [5.74, 6) is 0. The molecule has 1 atom stereocenters. The lowest BCUT2D eigenvalue weighted by atomic mass is 10.3. The molecule has 1 heterocycles. The van der Waals surface area contributed by atoms with Gasteiger partial charge in [-0.1, -0.05) is 0 Å². The number of nitrogens with two attached hydrogens (primary N) is 1. The molecule has 1 unspecified atom stereocenters. The molecule has 0 aromatic carbocycles. The van der Waals surface area contributed by atoms with E-state index in [9.17, 15) is 0 Å². The fourth-order valence-corrected chi connectivity index (χ4v) is 1.53. The quantitative estimate of drug-likeness (QED) is 0.464. The molecule has 0 amide bonds. The third-order valence-corrected chi connectivity index (χ3v) is 2.05. The first-order valence-corrected chi connectivity index (χ1v) is 3.42. The molecule has 0 saturated carbocycles. The Balaban J connectivity index is 2.26. The summed E-state index contributed by atoms with van der Waals surface area (Å²) in [4.78, 5) is 0. The molecule has 0 aromatic heterocycles. The highest BCUT2D eigenvalue weighted by Crippen LogP contribution is 2.10. The Morgan fingerprint density at radius 2 is 2.43 bits per heavy atom. The highest BCUT2D eigenvalue weighted by Gasteiger charge is 2.15. The molecule has 2 N–H and O–H groups in total. The molecule has 1 aliphatic rings. The van der Waals surface area contributed by atoms with Crippen LogP contribution >= 0.6 is 22.9 Å². The van der Waals surface area contributed by atoms with Crippen LogP contribution < -0.4 is 5.73 Å². The van der Waals surface area contributed by atoms with Crippen LogP contribution in [0.15, 0.2) is 0 Å². The topological polar surface area (TPSA) is 29.3 Å². The smallest absolute Gasteiger partial charge is 0.0233 e. The van der Waals surface area contributed by atoms with E-state index in [-0.39, 0.29) is 0 Å². The number of rotatable bonds is 0. The van der Waals surface area contributed by atoms with Crippen molar-refractivity contribution in [3.63, 3.8) is 0 Å². The summed E-state index contributed by atoms with van der Waals surface area (Å²) in [5, 5.41) is 0. The van der Waals surface area contributed by atoms with Crippen LogP contribution in [0, 0.1) is 0 Å². The lowest BCUT2D eigenvalue weighted by molar-refractivity contribution is 0.617. The zero-order chi connectivity index (χ0) is 5.28. The molecule has 0 radical (unpaired) electrons. The average molecular weight is 212 g/mol. The molecule has 2 nitrogen and oxygen atoms in total. The van der Waals surface area contributed by atoms with Gasteiger partial charge in [0.25, 0.3) is 0 Å². The van der Waals surface area contributed by atoms with Crippen LogP contribution in [0.25, 0.3) is 0 Å². The van der Waals surface area contributed by atoms with Crippen LogP contribution in [-0.4, -0.2) is 22.2 Å². The Bertz CT molecular complexity index is 58.7. The van der Waals surface area contributed by atoms with Crippen molar-refractivity contribution in [2.75, 3.05) is 13.1 Å². The van der Waals surface area contributed by atoms with Crippen molar-refractivity contribution in [1.82, 2.24) is 3.11 Å². The van der Waals surface area contributed by atoms with Crippen LogP contribution in [-0.2, 0) is 0 Å². The molecule has 0 bridgehead atoms. The van der Waals surface area contributed by atoms with Gasteiger partial charge in [0.05, 0.1) is 0 Å². The van der Waals surface area contributed by atoms with Crippen molar-refractivity contribution in [3.8, 4) is 0 Å². The molecule has 1 rings (SSSR count). The zero-order valence-corrected chi connectivity index (χ0v) is 6.26. The summed E-state index contributed by atoms with van der Waals surface area (Å²) in [6.45, 7) is 2.24. The molecule has 42 valence electrons. The Kier molecular flexibility index (Phi) is 1.88. The van der Waals surface area contributed by atoms with E-state index < -0.39 is 0 Å². The van der Waals surface area contributed by atoms with Crippen molar-refractivity contribution in [1.29, 1.82) is 0 Å². The SMILES string of the molecule is NC1CCN(I)C1. The second-order valence-corrected chi connectivity index (χ2v) is 3.28. The van der Waals surface area contributed by atoms with Gasteiger partial charge in [-0.3, -0.25) is 0 Å². The fourth-order valence-electron chi connectivity index (χ4n) is 0.743. The normalized spacial score (nSPS) is 34.3. The van der Waals surface area contributed by atoms with Crippen molar-refractivity contribution < 1.29 is 0 Å². The van der Waals surface area contributed by atoms with Gasteiger partial charge in [0.15, 0.2) is 0 Å². The molecule has 0 aliphatic carbocycles. The van der Waals surface area contributed by atoms with Gasteiger partial charge < -0.3 is 5.73 Å². The third-order valence-electron chi connectivity index (χ3n) is 1.18. The Labute approximate surface area is 57.5 Å². The summed E-state index contributed by atoms with van der Waals surface area (Å²) in [6, 6.07) is 0.442. The highest BCUT2D eigenvalue weighted by molar-refractivity contribution is 14.1. The van der Waals surface area contributed by atoms with Gasteiger partial charge in [-0.25, -0.2) is 3.11 Å². The Morgan fingerprint density at radius 3 is 2.57 bits per heavy atom. The van der Waals surface area contributed by atoms with Gasteiger partial charge in [-0.15, -0.1) is 0 Å². The zero-order valence-electron chi connectivity index (χ0n) is 4.10. The molecule has 1 aliphatic heterocycles. The van der Waals surface area contributed by atoms with Crippen LogP contribution in [0.3, 0.4) is 0 Å². The minimum absolute atomic E-state index is 0.442. The monoisotopic (exact) mass is 212 g/mol. The van der Waals surface area contributed by atoms with Crippen LogP contribution in [0.4, 0.5) is 0 Å². The van der Waals surface area contributed by atoms with Crippen molar-refractivity contribution in [2.45, 2.75) is 12.5 Å². The van der Waals surface area contributed by atoms with E-state index in [1.807, 2.05) is 0 Å². The molecule has 7 heavy (non-hydrogen) atoms. The maximum Gasteiger partial charge on any atom is 0.0233 e. The van der Waals surface area contributed by atoms with E-state index in [0.29, 0.717) is 6.04 Å². The lowest BCUT2D eigenvalue weighted by Crippen LogP contribution is -2.21. The van der Waals surface area contributed by atoms with E-state index in [1.54, 1.807) is 0 Å². The second-order valence-electron chi connectivity index (χ2n) is 1.92. The predicted octanol–water partition coefficient (Wildman–Crippen LogP) is 0.369. The molecular weight excluding hydrogens is 203 g/mol. The van der Waals surface area contributed by atoms with Crippen molar-refractivity contribution in [2.24, 2.45) is 5.73 Å². The Morgan fingerprint density at radius 1 is 1.71 bits per heavy atom. The van der Waals surface area contributed by atoms with Crippen LogP contribution in [0.1, 0.15) is 6.42 Å². The van der Waals surface area contributed by atoms with Crippen molar-refractivity contribution >= 4 is 22.9 Å². The molecular formula is C4H9IN2. The Hall–Kier alpha value is 0.650. The van der Waals surface area contributed by atoms with Gasteiger partial charge in [-0.2, -0.15) is 0 Å². The van der Waals surface area contributed by atoms with E-state index in [2.05, 4.69) is 26.0 Å². The summed E-state index contributed by atoms with van der Waals surface area (Å²) in [5.41, 5.74) is 5.58. The summed E-state index contributed by atoms with van der Waals surface area (Å²) in [7, 11) is 0. The molecule has 3 heteroatoms. The molecule has 0 spiro atoms. The van der Waals surface area contributed by atoms with Crippen LogP contribution in [0.5, 0.6) is 0 Å². The van der Waals surface area contributed by atoms with Gasteiger partial charge in [0.2, 0.25) is 0 Å². The van der Waals surface area contributed by atoms with E-state index in [1.165, 1.54) is 13.0 Å².